The molecule has 0 saturated heterocycles. The molecule has 0 aliphatic heterocycles. The van der Waals surface area contributed by atoms with E-state index in [2.05, 4.69) is 65.4 Å². The lowest BCUT2D eigenvalue weighted by atomic mass is 10.0. The van der Waals surface area contributed by atoms with Gasteiger partial charge in [0.15, 0.2) is 12.4 Å². The van der Waals surface area contributed by atoms with Gasteiger partial charge in [0.25, 0.3) is 0 Å². The van der Waals surface area contributed by atoms with Crippen LogP contribution in [-0.4, -0.2) is 4.98 Å². The van der Waals surface area contributed by atoms with Crippen LogP contribution in [0.4, 0.5) is 0 Å². The summed E-state index contributed by atoms with van der Waals surface area (Å²) in [7, 11) is 2.06. The summed E-state index contributed by atoms with van der Waals surface area (Å²) in [5.74, 6) is 0. The Morgan fingerprint density at radius 1 is 1.06 bits per heavy atom. The molecule has 0 spiro atoms. The van der Waals surface area contributed by atoms with Gasteiger partial charge in [0.05, 0.1) is 5.56 Å². The maximum Gasteiger partial charge on any atom is 0.177 e. The second kappa shape index (κ2) is 4.22. The van der Waals surface area contributed by atoms with E-state index in [4.69, 9.17) is 0 Å². The number of aryl methyl sites for hydroxylation is 2. The Balaban J connectivity index is 2.34. The van der Waals surface area contributed by atoms with Crippen molar-refractivity contribution in [3.05, 3.63) is 60.7 Å². The Hall–Kier alpha value is -2.22. The van der Waals surface area contributed by atoms with E-state index >= 15 is 0 Å². The fraction of sp³-hybridized carbons (Fsp3) is 0.125. The van der Waals surface area contributed by atoms with Crippen molar-refractivity contribution in [2.45, 2.75) is 6.92 Å². The molecule has 18 heavy (non-hydrogen) atoms. The van der Waals surface area contributed by atoms with E-state index in [1.165, 1.54) is 21.9 Å². The number of pyridine rings is 2. The molecule has 1 aromatic carbocycles. The van der Waals surface area contributed by atoms with Crippen LogP contribution >= 0.6 is 0 Å². The molecule has 88 valence electrons. The number of benzene rings is 1. The summed E-state index contributed by atoms with van der Waals surface area (Å²) in [6.45, 7) is 2.02. The number of hydrogen-bond donors (Lipinski definition) is 0. The smallest absolute Gasteiger partial charge is 0.177 e. The second-order valence-corrected chi connectivity index (χ2v) is 4.61. The monoisotopic (exact) mass is 235 g/mol. The minimum absolute atomic E-state index is 1.04. The Morgan fingerprint density at radius 2 is 1.89 bits per heavy atom. The standard InChI is InChI=1S/C16H15N2/c1-12-9-13(7-8-17-12)16-11-18(2)10-14-5-3-4-6-15(14)16/h3-11H,1-2H3/q+1. The summed E-state index contributed by atoms with van der Waals surface area (Å²) in [5.41, 5.74) is 3.51. The zero-order valence-corrected chi connectivity index (χ0v) is 10.6. The third-order valence-corrected chi connectivity index (χ3v) is 3.13. The molecule has 0 amide bonds. The van der Waals surface area contributed by atoms with Crippen LogP contribution in [0.15, 0.2) is 55.0 Å². The van der Waals surface area contributed by atoms with Gasteiger partial charge in [-0.2, -0.15) is 0 Å². The second-order valence-electron chi connectivity index (χ2n) is 4.61. The minimum Gasteiger partial charge on any atom is -0.262 e. The molecule has 0 saturated carbocycles. The molecule has 0 unspecified atom stereocenters. The van der Waals surface area contributed by atoms with Crippen molar-refractivity contribution in [3.63, 3.8) is 0 Å². The quantitative estimate of drug-likeness (QED) is 0.592. The third-order valence-electron chi connectivity index (χ3n) is 3.13. The maximum atomic E-state index is 4.26. The van der Waals surface area contributed by atoms with Crippen LogP contribution in [0.1, 0.15) is 5.69 Å². The highest BCUT2D eigenvalue weighted by Gasteiger charge is 2.09. The van der Waals surface area contributed by atoms with Crippen LogP contribution < -0.4 is 4.57 Å². The molecule has 2 heterocycles. The molecule has 0 fully saturated rings. The van der Waals surface area contributed by atoms with E-state index in [0.717, 1.165) is 5.69 Å². The highest BCUT2D eigenvalue weighted by atomic mass is 14.9. The van der Waals surface area contributed by atoms with Crippen LogP contribution in [0.3, 0.4) is 0 Å². The molecular formula is C16H15N2+. The maximum absolute atomic E-state index is 4.26. The van der Waals surface area contributed by atoms with Gasteiger partial charge in [-0.1, -0.05) is 18.2 Å². The van der Waals surface area contributed by atoms with Crippen molar-refractivity contribution in [2.24, 2.45) is 7.05 Å². The molecule has 0 atom stereocenters. The van der Waals surface area contributed by atoms with E-state index in [1.807, 2.05) is 13.1 Å². The van der Waals surface area contributed by atoms with E-state index in [9.17, 15) is 0 Å². The Labute approximate surface area is 107 Å². The van der Waals surface area contributed by atoms with Gasteiger partial charge in [0, 0.05) is 22.7 Å². The van der Waals surface area contributed by atoms with Gasteiger partial charge in [-0.15, -0.1) is 0 Å². The molecule has 0 aliphatic carbocycles. The summed E-state index contributed by atoms with van der Waals surface area (Å²) >= 11 is 0. The zero-order valence-electron chi connectivity index (χ0n) is 10.6. The molecule has 2 heteroatoms. The minimum atomic E-state index is 1.04. The fourth-order valence-electron chi connectivity index (χ4n) is 2.33. The van der Waals surface area contributed by atoms with Gasteiger partial charge in [0.1, 0.15) is 7.05 Å². The number of hydrogen-bond acceptors (Lipinski definition) is 1. The first kappa shape index (κ1) is 10.9. The lowest BCUT2D eigenvalue weighted by Crippen LogP contribution is -2.26. The summed E-state index contributed by atoms with van der Waals surface area (Å²) in [6, 6.07) is 12.7. The first-order chi connectivity index (χ1) is 8.74. The van der Waals surface area contributed by atoms with Crippen LogP contribution in [0.2, 0.25) is 0 Å². The van der Waals surface area contributed by atoms with Crippen molar-refractivity contribution in [2.75, 3.05) is 0 Å². The van der Waals surface area contributed by atoms with Crippen LogP contribution in [-0.2, 0) is 7.05 Å². The summed E-state index contributed by atoms with van der Waals surface area (Å²) in [4.78, 5) is 4.26. The number of fused-ring (bicyclic) bond motifs is 1. The molecular weight excluding hydrogens is 220 g/mol. The van der Waals surface area contributed by atoms with Gasteiger partial charge >= 0.3 is 0 Å². The highest BCUT2D eigenvalue weighted by Crippen LogP contribution is 2.26. The lowest BCUT2D eigenvalue weighted by Gasteiger charge is -2.05. The van der Waals surface area contributed by atoms with Gasteiger partial charge in [0.2, 0.25) is 0 Å². The summed E-state index contributed by atoms with van der Waals surface area (Å²) in [5, 5.41) is 2.54. The first-order valence-electron chi connectivity index (χ1n) is 6.05. The average molecular weight is 235 g/mol. The van der Waals surface area contributed by atoms with Crippen molar-refractivity contribution in [3.8, 4) is 11.1 Å². The van der Waals surface area contributed by atoms with E-state index < -0.39 is 0 Å². The topological polar surface area (TPSA) is 16.8 Å². The number of aromatic nitrogens is 2. The molecule has 2 nitrogen and oxygen atoms in total. The summed E-state index contributed by atoms with van der Waals surface area (Å²) in [6.07, 6.45) is 6.18. The first-order valence-corrected chi connectivity index (χ1v) is 6.05. The average Bonchev–Trinajstić information content (AvgIpc) is 2.37. The largest absolute Gasteiger partial charge is 0.262 e. The highest BCUT2D eigenvalue weighted by molar-refractivity contribution is 5.94. The Morgan fingerprint density at radius 3 is 2.72 bits per heavy atom. The van der Waals surface area contributed by atoms with Gasteiger partial charge in [-0.3, -0.25) is 4.98 Å². The molecule has 0 N–H and O–H groups in total. The number of rotatable bonds is 1. The van der Waals surface area contributed by atoms with Crippen LogP contribution in [0.5, 0.6) is 0 Å². The predicted molar refractivity (Wildman–Crippen MR) is 73.1 cm³/mol. The lowest BCUT2D eigenvalue weighted by molar-refractivity contribution is -0.669. The van der Waals surface area contributed by atoms with Crippen molar-refractivity contribution < 1.29 is 4.57 Å². The van der Waals surface area contributed by atoms with E-state index in [-0.39, 0.29) is 0 Å². The summed E-state index contributed by atoms with van der Waals surface area (Å²) < 4.78 is 2.10. The van der Waals surface area contributed by atoms with Gasteiger partial charge in [-0.05, 0) is 30.7 Å². The van der Waals surface area contributed by atoms with Crippen molar-refractivity contribution in [1.82, 2.24) is 4.98 Å². The SMILES string of the molecule is Cc1cc(-c2c[n+](C)cc3ccccc23)ccn1. The number of nitrogens with zero attached hydrogens (tertiary/aromatic N) is 2. The Kier molecular flexibility index (Phi) is 2.56. The van der Waals surface area contributed by atoms with Crippen LogP contribution in [0.25, 0.3) is 21.9 Å². The molecule has 3 rings (SSSR count). The van der Waals surface area contributed by atoms with Crippen molar-refractivity contribution >= 4 is 10.8 Å². The zero-order chi connectivity index (χ0) is 12.5. The fourth-order valence-corrected chi connectivity index (χ4v) is 2.33. The van der Waals surface area contributed by atoms with Gasteiger partial charge < -0.3 is 0 Å². The molecule has 2 aromatic heterocycles. The molecule has 3 aromatic rings. The Bertz CT molecular complexity index is 717. The van der Waals surface area contributed by atoms with E-state index in [1.54, 1.807) is 0 Å². The molecule has 0 bridgehead atoms. The van der Waals surface area contributed by atoms with Crippen molar-refractivity contribution in [1.29, 1.82) is 0 Å². The van der Waals surface area contributed by atoms with Crippen LogP contribution in [0, 0.1) is 6.92 Å². The van der Waals surface area contributed by atoms with E-state index in [0.29, 0.717) is 0 Å². The molecule has 0 radical (unpaired) electrons. The predicted octanol–water partition coefficient (Wildman–Crippen LogP) is 3.03. The normalized spacial score (nSPS) is 10.8. The molecule has 0 aliphatic rings. The van der Waals surface area contributed by atoms with Gasteiger partial charge in [-0.25, -0.2) is 4.57 Å². The third kappa shape index (κ3) is 1.86.